The molecule has 7 nitrogen and oxygen atoms in total. The molecule has 0 aliphatic carbocycles. The molecule has 0 radical (unpaired) electrons. The number of sulfonamides is 1. The van der Waals surface area contributed by atoms with E-state index in [-0.39, 0.29) is 16.5 Å². The van der Waals surface area contributed by atoms with Gasteiger partial charge in [-0.05, 0) is 60.7 Å². The van der Waals surface area contributed by atoms with Crippen molar-refractivity contribution in [1.29, 1.82) is 0 Å². The highest BCUT2D eigenvalue weighted by Crippen LogP contribution is 2.32. The van der Waals surface area contributed by atoms with Gasteiger partial charge in [0.2, 0.25) is 10.0 Å². The number of nitro groups is 1. The van der Waals surface area contributed by atoms with Gasteiger partial charge in [0.15, 0.2) is 0 Å². The van der Waals surface area contributed by atoms with E-state index >= 15 is 0 Å². The van der Waals surface area contributed by atoms with Crippen LogP contribution < -0.4 is 9.46 Å². The second-order valence-corrected chi connectivity index (χ2v) is 8.41. The lowest BCUT2D eigenvalue weighted by atomic mass is 9.94. The second-order valence-electron chi connectivity index (χ2n) is 6.70. The van der Waals surface area contributed by atoms with Crippen LogP contribution in [0, 0.1) is 17.0 Å². The van der Waals surface area contributed by atoms with Gasteiger partial charge in [-0.1, -0.05) is 13.8 Å². The van der Waals surface area contributed by atoms with Crippen LogP contribution in [0.15, 0.2) is 41.3 Å². The van der Waals surface area contributed by atoms with Crippen LogP contribution in [0.5, 0.6) is 5.75 Å². The summed E-state index contributed by atoms with van der Waals surface area (Å²) >= 11 is 0. The molecule has 0 bridgehead atoms. The van der Waals surface area contributed by atoms with Gasteiger partial charge >= 0.3 is 0 Å². The highest BCUT2D eigenvalue weighted by molar-refractivity contribution is 7.89. The summed E-state index contributed by atoms with van der Waals surface area (Å²) < 4.78 is 33.4. The van der Waals surface area contributed by atoms with Crippen LogP contribution in [-0.2, 0) is 10.0 Å². The van der Waals surface area contributed by atoms with Crippen molar-refractivity contribution in [2.75, 3.05) is 7.11 Å². The first-order valence-electron chi connectivity index (χ1n) is 8.52. The van der Waals surface area contributed by atoms with E-state index in [0.29, 0.717) is 0 Å². The van der Waals surface area contributed by atoms with Crippen molar-refractivity contribution < 1.29 is 18.1 Å². The maximum Gasteiger partial charge on any atom is 0.269 e. The average Bonchev–Trinajstić information content (AvgIpc) is 2.60. The summed E-state index contributed by atoms with van der Waals surface area (Å²) in [5.74, 6) is 0.995. The lowest BCUT2D eigenvalue weighted by Crippen LogP contribution is -2.27. The van der Waals surface area contributed by atoms with Crippen molar-refractivity contribution in [2.24, 2.45) is 0 Å². The number of methoxy groups -OCH3 is 1. The van der Waals surface area contributed by atoms with Crippen LogP contribution in [0.4, 0.5) is 5.69 Å². The number of ether oxygens (including phenoxy) is 1. The van der Waals surface area contributed by atoms with Gasteiger partial charge in [-0.25, -0.2) is 13.1 Å². The molecule has 0 heterocycles. The van der Waals surface area contributed by atoms with Crippen molar-refractivity contribution in [3.8, 4) is 5.75 Å². The molecule has 0 fully saturated rings. The molecular formula is C19H24N2O5S. The van der Waals surface area contributed by atoms with Crippen molar-refractivity contribution in [2.45, 2.75) is 44.6 Å². The number of rotatable bonds is 7. The summed E-state index contributed by atoms with van der Waals surface area (Å²) in [7, 11) is -2.21. The summed E-state index contributed by atoms with van der Waals surface area (Å²) in [5, 5.41) is 10.7. The zero-order valence-corrected chi connectivity index (χ0v) is 16.8. The summed E-state index contributed by atoms with van der Waals surface area (Å²) in [6, 6.07) is 8.20. The van der Waals surface area contributed by atoms with Crippen LogP contribution in [0.3, 0.4) is 0 Å². The third-order valence-corrected chi connectivity index (χ3v) is 5.95. The van der Waals surface area contributed by atoms with Crippen molar-refractivity contribution in [1.82, 2.24) is 4.72 Å². The molecule has 2 aromatic carbocycles. The first kappa shape index (κ1) is 20.9. The predicted molar refractivity (Wildman–Crippen MR) is 104 cm³/mol. The Hall–Kier alpha value is -2.45. The average molecular weight is 392 g/mol. The number of hydrogen-bond acceptors (Lipinski definition) is 5. The third-order valence-electron chi connectivity index (χ3n) is 4.40. The number of aryl methyl sites for hydroxylation is 1. The van der Waals surface area contributed by atoms with Crippen molar-refractivity contribution >= 4 is 15.7 Å². The van der Waals surface area contributed by atoms with Crippen molar-refractivity contribution in [3.63, 3.8) is 0 Å². The topological polar surface area (TPSA) is 98.5 Å². The van der Waals surface area contributed by atoms with Crippen LogP contribution in [0.1, 0.15) is 49.4 Å². The fourth-order valence-corrected chi connectivity index (χ4v) is 4.14. The molecule has 0 amide bonds. The van der Waals surface area contributed by atoms with E-state index in [0.717, 1.165) is 22.4 Å². The second kappa shape index (κ2) is 8.06. The standard InChI is InChI=1S/C19H24N2O5S/c1-12(2)17-11-18(13(3)10-19(17)26-5)14(4)20-27(24,25)16-8-6-15(7-9-16)21(22)23/h6-12,14,20H,1-5H3. The SMILES string of the molecule is COc1cc(C)c(C(C)NS(=O)(=O)c2ccc([N+](=O)[O-])cc2)cc1C(C)C. The summed E-state index contributed by atoms with van der Waals surface area (Å²) in [6.45, 7) is 7.76. The van der Waals surface area contributed by atoms with Gasteiger partial charge in [0.05, 0.1) is 16.9 Å². The fraction of sp³-hybridized carbons (Fsp3) is 0.368. The molecule has 2 aromatic rings. The summed E-state index contributed by atoms with van der Waals surface area (Å²) in [5.41, 5.74) is 2.61. The molecule has 0 aromatic heterocycles. The van der Waals surface area contributed by atoms with Gasteiger partial charge in [-0.3, -0.25) is 10.1 Å². The molecule has 27 heavy (non-hydrogen) atoms. The van der Waals surface area contributed by atoms with E-state index in [2.05, 4.69) is 4.72 Å². The van der Waals surface area contributed by atoms with Crippen LogP contribution in [-0.4, -0.2) is 20.5 Å². The van der Waals surface area contributed by atoms with Crippen LogP contribution in [0.2, 0.25) is 0 Å². The highest BCUT2D eigenvalue weighted by Gasteiger charge is 2.22. The van der Waals surface area contributed by atoms with Gasteiger partial charge < -0.3 is 4.74 Å². The largest absolute Gasteiger partial charge is 0.496 e. The molecule has 0 saturated heterocycles. The van der Waals surface area contributed by atoms with Crippen LogP contribution >= 0.6 is 0 Å². The first-order valence-corrected chi connectivity index (χ1v) is 10.0. The molecule has 0 spiro atoms. The normalized spacial score (nSPS) is 12.8. The molecule has 0 aliphatic heterocycles. The molecule has 146 valence electrons. The maximum atomic E-state index is 12.6. The number of non-ortho nitro benzene ring substituents is 1. The Kier molecular flexibility index (Phi) is 6.22. The Labute approximate surface area is 159 Å². The molecule has 0 saturated carbocycles. The number of hydrogen-bond donors (Lipinski definition) is 1. The Morgan fingerprint density at radius 2 is 1.67 bits per heavy atom. The van der Waals surface area contributed by atoms with E-state index in [1.165, 1.54) is 24.3 Å². The van der Waals surface area contributed by atoms with Gasteiger partial charge in [-0.2, -0.15) is 0 Å². The Morgan fingerprint density at radius 1 is 1.07 bits per heavy atom. The fourth-order valence-electron chi connectivity index (χ4n) is 2.92. The third kappa shape index (κ3) is 4.64. The number of nitrogens with zero attached hydrogens (tertiary/aromatic N) is 1. The zero-order chi connectivity index (χ0) is 20.4. The maximum absolute atomic E-state index is 12.6. The summed E-state index contributed by atoms with van der Waals surface area (Å²) in [6.07, 6.45) is 0. The molecule has 1 unspecified atom stereocenters. The van der Waals surface area contributed by atoms with E-state index in [4.69, 9.17) is 4.74 Å². The monoisotopic (exact) mass is 392 g/mol. The highest BCUT2D eigenvalue weighted by atomic mass is 32.2. The lowest BCUT2D eigenvalue weighted by Gasteiger charge is -2.21. The predicted octanol–water partition coefficient (Wildman–Crippen LogP) is 4.07. The van der Waals surface area contributed by atoms with Gasteiger partial charge in [-0.15, -0.1) is 0 Å². The molecular weight excluding hydrogens is 368 g/mol. The van der Waals surface area contributed by atoms with E-state index in [9.17, 15) is 18.5 Å². The van der Waals surface area contributed by atoms with E-state index < -0.39 is 21.0 Å². The molecule has 2 rings (SSSR count). The number of benzene rings is 2. The van der Waals surface area contributed by atoms with Crippen LogP contribution in [0.25, 0.3) is 0 Å². The number of nitrogens with one attached hydrogen (secondary N) is 1. The zero-order valence-electron chi connectivity index (χ0n) is 16.0. The van der Waals surface area contributed by atoms with Crippen molar-refractivity contribution in [3.05, 3.63) is 63.2 Å². The molecule has 1 N–H and O–H groups in total. The lowest BCUT2D eigenvalue weighted by molar-refractivity contribution is -0.384. The Morgan fingerprint density at radius 3 is 2.15 bits per heavy atom. The van der Waals surface area contributed by atoms with Gasteiger partial charge in [0.25, 0.3) is 5.69 Å². The Bertz CT molecular complexity index is 937. The molecule has 8 heteroatoms. The van der Waals surface area contributed by atoms with Gasteiger partial charge in [0, 0.05) is 18.2 Å². The smallest absolute Gasteiger partial charge is 0.269 e. The minimum Gasteiger partial charge on any atom is -0.496 e. The minimum absolute atomic E-state index is 0.0183. The summed E-state index contributed by atoms with van der Waals surface area (Å²) in [4.78, 5) is 10.1. The van der Waals surface area contributed by atoms with E-state index in [1.54, 1.807) is 14.0 Å². The molecule has 0 aliphatic rings. The quantitative estimate of drug-likeness (QED) is 0.565. The Balaban J connectivity index is 2.34. The van der Waals surface area contributed by atoms with E-state index in [1.807, 2.05) is 32.9 Å². The first-order chi connectivity index (χ1) is 12.6. The number of nitro benzene ring substituents is 1. The minimum atomic E-state index is -3.82. The molecule has 1 atom stereocenters. The van der Waals surface area contributed by atoms with Gasteiger partial charge in [0.1, 0.15) is 5.75 Å².